The molecule has 19 heteroatoms. The van der Waals surface area contributed by atoms with Crippen molar-refractivity contribution in [2.24, 2.45) is 22.2 Å². The molecule has 17 nitrogen and oxygen atoms in total. The molecule has 0 aliphatic carbocycles. The second-order valence-corrected chi connectivity index (χ2v) is 15.8. The summed E-state index contributed by atoms with van der Waals surface area (Å²) in [6.07, 6.45) is 2.16. The van der Waals surface area contributed by atoms with E-state index in [0.717, 1.165) is 10.9 Å². The van der Waals surface area contributed by atoms with E-state index in [0.29, 0.717) is 16.9 Å². The van der Waals surface area contributed by atoms with Crippen LogP contribution in [0.2, 0.25) is 0 Å². The fourth-order valence-electron chi connectivity index (χ4n) is 5.84. The summed E-state index contributed by atoms with van der Waals surface area (Å²) < 4.78 is -1.18. The minimum Gasteiger partial charge on any atom is -0.480 e. The topological polar surface area (TPSA) is 289 Å². The summed E-state index contributed by atoms with van der Waals surface area (Å²) in [5.74, 6) is -4.68. The van der Waals surface area contributed by atoms with Crippen LogP contribution in [0.4, 0.5) is 0 Å². The Labute approximate surface area is 342 Å². The summed E-state index contributed by atoms with van der Waals surface area (Å²) in [7, 11) is 0. The van der Waals surface area contributed by atoms with Crippen molar-refractivity contribution in [3.63, 3.8) is 0 Å². The number of hydrogen-bond donors (Lipinski definition) is 12. The Morgan fingerprint density at radius 1 is 0.789 bits per heavy atom. The number of aliphatic imine (C=N–C) groups is 1. The van der Waals surface area contributed by atoms with E-state index in [1.165, 1.54) is 20.8 Å². The molecule has 6 atom stereocenters. The maximum atomic E-state index is 14.2. The zero-order valence-corrected chi connectivity index (χ0v) is 33.9. The van der Waals surface area contributed by atoms with Crippen molar-refractivity contribution in [3.8, 4) is 0 Å². The molecule has 1 aromatic heterocycles. The van der Waals surface area contributed by atoms with Gasteiger partial charge in [0.1, 0.15) is 30.2 Å². The lowest BCUT2D eigenvalue weighted by molar-refractivity contribution is -0.143. The number of carbonyl (C=O) groups excluding carboxylic acids is 5. The summed E-state index contributed by atoms with van der Waals surface area (Å²) in [4.78, 5) is 87.3. The molecule has 0 aliphatic heterocycles. The Hall–Kier alpha value is -5.27. The summed E-state index contributed by atoms with van der Waals surface area (Å²) in [5.41, 5.74) is 19.0. The van der Waals surface area contributed by atoms with E-state index in [-0.39, 0.29) is 44.6 Å². The number of carboxylic acid groups (broad SMARTS) is 1. The van der Waals surface area contributed by atoms with Gasteiger partial charge in [0.25, 0.3) is 0 Å². The first kappa shape index (κ1) is 46.1. The van der Waals surface area contributed by atoms with E-state index in [9.17, 15) is 33.9 Å². The molecule has 3 rings (SSSR count). The average molecular weight is 827 g/mol. The van der Waals surface area contributed by atoms with Gasteiger partial charge in [-0.3, -0.25) is 29.0 Å². The van der Waals surface area contributed by atoms with E-state index in [1.807, 2.05) is 24.3 Å². The fourth-order valence-corrected chi connectivity index (χ4v) is 6.30. The number of amides is 5. The molecule has 2 aromatic carbocycles. The molecule has 0 saturated heterocycles. The first-order valence-corrected chi connectivity index (χ1v) is 19.5. The number of nitrogens with one attached hydrogen (secondary N) is 6. The number of rotatable bonds is 22. The number of benzene rings is 2. The number of carboxylic acids is 1. The van der Waals surface area contributed by atoms with E-state index in [4.69, 9.17) is 17.2 Å². The Bertz CT molecular complexity index is 1880. The molecule has 0 radical (unpaired) electrons. The van der Waals surface area contributed by atoms with E-state index in [2.05, 4.69) is 61.8 Å². The number of aliphatic carboxylic acids is 1. The molecule has 3 aromatic rings. The quantitative estimate of drug-likeness (QED) is 0.0276. The number of fused-ring (bicyclic) bond motifs is 1. The van der Waals surface area contributed by atoms with Gasteiger partial charge in [-0.25, -0.2) is 4.79 Å². The first-order chi connectivity index (χ1) is 26.9. The predicted octanol–water partition coefficient (Wildman–Crippen LogP) is -0.109. The maximum absolute atomic E-state index is 14.2. The van der Waals surface area contributed by atoms with Crippen molar-refractivity contribution in [1.29, 1.82) is 0 Å². The first-order valence-electron chi connectivity index (χ1n) is 18.4. The van der Waals surface area contributed by atoms with Crippen LogP contribution in [0.15, 0.2) is 65.8 Å². The Morgan fingerprint density at radius 3 is 2.00 bits per heavy atom. The van der Waals surface area contributed by atoms with Crippen LogP contribution in [0.5, 0.6) is 0 Å². The highest BCUT2D eigenvalue weighted by molar-refractivity contribution is 7.81. The second-order valence-electron chi connectivity index (χ2n) is 14.2. The number of H-pyrrole nitrogens is 1. The molecule has 5 amide bonds. The van der Waals surface area contributed by atoms with Crippen LogP contribution in [0, 0.1) is 0 Å². The van der Waals surface area contributed by atoms with Crippen LogP contribution in [0.3, 0.4) is 0 Å². The molecular weight excluding hydrogens is 773 g/mol. The van der Waals surface area contributed by atoms with Crippen LogP contribution in [-0.2, 0) is 41.6 Å². The van der Waals surface area contributed by atoms with Gasteiger partial charge in [0.15, 0.2) is 5.96 Å². The molecule has 310 valence electrons. The van der Waals surface area contributed by atoms with Gasteiger partial charge in [0.2, 0.25) is 29.5 Å². The lowest BCUT2D eigenvalue weighted by Crippen LogP contribution is -2.60. The third-order valence-corrected chi connectivity index (χ3v) is 9.51. The Kier molecular flexibility index (Phi) is 17.7. The molecule has 57 heavy (non-hydrogen) atoms. The highest BCUT2D eigenvalue weighted by Gasteiger charge is 2.37. The predicted molar refractivity (Wildman–Crippen MR) is 225 cm³/mol. The van der Waals surface area contributed by atoms with Crippen molar-refractivity contribution in [3.05, 3.63) is 71.9 Å². The summed E-state index contributed by atoms with van der Waals surface area (Å²) >= 11 is 8.47. The van der Waals surface area contributed by atoms with Gasteiger partial charge in [-0.05, 0) is 63.0 Å². The molecule has 0 saturated carbocycles. The molecule has 13 N–H and O–H groups in total. The van der Waals surface area contributed by atoms with Gasteiger partial charge in [-0.1, -0.05) is 48.5 Å². The molecule has 0 spiro atoms. The van der Waals surface area contributed by atoms with Crippen molar-refractivity contribution < 1.29 is 33.9 Å². The molecule has 0 fully saturated rings. The number of aromatic amines is 1. The van der Waals surface area contributed by atoms with Gasteiger partial charge in [0, 0.05) is 41.2 Å². The van der Waals surface area contributed by atoms with Crippen LogP contribution in [0.1, 0.15) is 51.2 Å². The Balaban J connectivity index is 1.94. The van der Waals surface area contributed by atoms with Crippen molar-refractivity contribution in [1.82, 2.24) is 31.6 Å². The summed E-state index contributed by atoms with van der Waals surface area (Å²) in [6, 6.07) is 8.96. The zero-order chi connectivity index (χ0) is 42.3. The highest BCUT2D eigenvalue weighted by atomic mass is 32.1. The fraction of sp³-hybridized carbons (Fsp3) is 0.447. The van der Waals surface area contributed by atoms with Crippen molar-refractivity contribution >= 4 is 77.6 Å². The minimum atomic E-state index is -1.43. The van der Waals surface area contributed by atoms with Gasteiger partial charge < -0.3 is 53.9 Å². The van der Waals surface area contributed by atoms with E-state index >= 15 is 0 Å². The largest absolute Gasteiger partial charge is 0.480 e. The van der Waals surface area contributed by atoms with Gasteiger partial charge in [-0.15, -0.1) is 0 Å². The van der Waals surface area contributed by atoms with E-state index < -0.39 is 76.5 Å². The van der Waals surface area contributed by atoms with Crippen LogP contribution in [-0.4, -0.2) is 105 Å². The molecule has 1 heterocycles. The highest BCUT2D eigenvalue weighted by Crippen LogP contribution is 2.21. The maximum Gasteiger partial charge on any atom is 0.327 e. The zero-order valence-electron chi connectivity index (χ0n) is 32.2. The normalized spacial score (nSPS) is 14.5. The monoisotopic (exact) mass is 826 g/mol. The standard InChI is InChI=1S/C38H54N10O7S2/c1-21(44-32(50)25(39)15-17-56)31(49)46-28(18-22-10-5-4-6-11-22)34(52)45-27(14-9-16-42-37(40)41)33(51)47-29(35(53)48-30(36(54)55)38(2,3)57)19-23-20-43-26-13-8-7-12-24(23)26/h4-8,10-13,20-21,25,27-30,43,56-57H,9,14-19,39H2,1-3H3,(H,44,50)(H,45,52)(H,46,49)(H,47,51)(H,48,53)(H,54,55)(H4,40,41,42)/t21-,25-,27-,28+,29-,30+/m0/s1. The SMILES string of the molecule is C[C@H](NC(=O)[C@@H](N)CCS)C(=O)N[C@H](Cc1ccccc1)C(=O)N[C@@H](CCCN=C(N)N)C(=O)N[C@@H](Cc1c[nH]c2ccccc12)C(=O)N[C@H](C(=O)O)C(C)(C)S. The lowest BCUT2D eigenvalue weighted by atomic mass is 10.00. The number of aromatic nitrogens is 1. The van der Waals surface area contributed by atoms with Crippen LogP contribution in [0.25, 0.3) is 10.9 Å². The molecular formula is C38H54N10O7S2. The number of carbonyl (C=O) groups is 6. The average Bonchev–Trinajstić information content (AvgIpc) is 3.56. The van der Waals surface area contributed by atoms with Crippen molar-refractivity contribution in [2.45, 2.75) is 93.9 Å². The molecule has 0 bridgehead atoms. The molecule has 0 unspecified atom stereocenters. The third-order valence-electron chi connectivity index (χ3n) is 8.99. The van der Waals surface area contributed by atoms with Gasteiger partial charge in [-0.2, -0.15) is 25.3 Å². The number of para-hydroxylation sites is 1. The smallest absolute Gasteiger partial charge is 0.327 e. The van der Waals surface area contributed by atoms with Gasteiger partial charge in [0.05, 0.1) is 6.04 Å². The number of nitrogens with zero attached hydrogens (tertiary/aromatic N) is 1. The Morgan fingerprint density at radius 2 is 1.37 bits per heavy atom. The number of guanidine groups is 1. The third kappa shape index (κ3) is 14.6. The van der Waals surface area contributed by atoms with E-state index in [1.54, 1.807) is 36.5 Å². The van der Waals surface area contributed by atoms with Gasteiger partial charge >= 0.3 is 5.97 Å². The van der Waals surface area contributed by atoms with Crippen LogP contribution >= 0.6 is 25.3 Å². The lowest BCUT2D eigenvalue weighted by Gasteiger charge is -2.30. The number of nitrogens with two attached hydrogens (primary N) is 3. The van der Waals surface area contributed by atoms with Crippen molar-refractivity contribution in [2.75, 3.05) is 12.3 Å². The summed E-state index contributed by atoms with van der Waals surface area (Å²) in [6.45, 7) is 4.61. The van der Waals surface area contributed by atoms with Crippen LogP contribution < -0.4 is 43.8 Å². The molecule has 0 aliphatic rings. The summed E-state index contributed by atoms with van der Waals surface area (Å²) in [5, 5.41) is 23.9. The number of hydrogen-bond acceptors (Lipinski definition) is 10. The second kappa shape index (κ2) is 21.9. The minimum absolute atomic E-state index is 0.00129. The number of thiol groups is 2.